The Balaban J connectivity index is 0.872. The van der Waals surface area contributed by atoms with Crippen molar-refractivity contribution < 1.29 is 14.3 Å². The van der Waals surface area contributed by atoms with Gasteiger partial charge in [-0.3, -0.25) is 9.59 Å². The van der Waals surface area contributed by atoms with Crippen molar-refractivity contribution in [1.82, 2.24) is 24.9 Å². The number of thiophene rings is 2. The zero-order valence-corrected chi connectivity index (χ0v) is 31.1. The van der Waals surface area contributed by atoms with Crippen LogP contribution in [0.3, 0.4) is 0 Å². The van der Waals surface area contributed by atoms with E-state index in [2.05, 4.69) is 44.9 Å². The van der Waals surface area contributed by atoms with Crippen molar-refractivity contribution in [3.05, 3.63) is 93.3 Å². The van der Waals surface area contributed by atoms with E-state index in [0.29, 0.717) is 73.5 Å². The van der Waals surface area contributed by atoms with Crippen LogP contribution in [0.2, 0.25) is 0 Å². The Hall–Kier alpha value is -6.39. The van der Waals surface area contributed by atoms with Crippen LogP contribution in [0.15, 0.2) is 66.9 Å². The topological polar surface area (TPSA) is 236 Å². The van der Waals surface area contributed by atoms with Gasteiger partial charge < -0.3 is 38.3 Å². The molecule has 276 valence electrons. The Morgan fingerprint density at radius 1 is 0.764 bits per heavy atom. The average molecular weight is 770 g/mol. The van der Waals surface area contributed by atoms with E-state index in [1.54, 1.807) is 12.3 Å². The predicted octanol–water partition coefficient (Wildman–Crippen LogP) is 6.22. The van der Waals surface area contributed by atoms with Crippen LogP contribution in [-0.4, -0.2) is 48.8 Å². The molecule has 2 unspecified atom stereocenters. The number of nitrogens with one attached hydrogen (secondary N) is 2. The van der Waals surface area contributed by atoms with Crippen molar-refractivity contribution in [3.63, 3.8) is 0 Å². The lowest BCUT2D eigenvalue weighted by Crippen LogP contribution is -2.10. The van der Waals surface area contributed by atoms with Gasteiger partial charge in [-0.15, -0.1) is 22.7 Å². The summed E-state index contributed by atoms with van der Waals surface area (Å²) in [7, 11) is 0. The second-order valence-electron chi connectivity index (χ2n) is 13.9. The Morgan fingerprint density at radius 2 is 1.35 bits per heavy atom. The van der Waals surface area contributed by atoms with E-state index in [1.165, 1.54) is 16.9 Å². The number of primary amides is 2. The minimum Gasteiger partial charge on any atom is -0.473 e. The van der Waals surface area contributed by atoms with Crippen molar-refractivity contribution in [3.8, 4) is 28.4 Å². The molecule has 0 saturated heterocycles. The third-order valence-electron chi connectivity index (χ3n) is 9.77. The fourth-order valence-corrected chi connectivity index (χ4v) is 8.48. The molecular weight excluding hydrogens is 735 g/mol. The van der Waals surface area contributed by atoms with E-state index in [1.807, 2.05) is 37.3 Å². The van der Waals surface area contributed by atoms with Crippen LogP contribution in [0.25, 0.3) is 42.9 Å². The number of amides is 2. The van der Waals surface area contributed by atoms with E-state index >= 15 is 0 Å². The van der Waals surface area contributed by atoms with Gasteiger partial charge in [0.2, 0.25) is 17.8 Å². The van der Waals surface area contributed by atoms with Gasteiger partial charge in [-0.1, -0.05) is 54.1 Å². The second kappa shape index (κ2) is 13.5. The van der Waals surface area contributed by atoms with Crippen LogP contribution in [0.5, 0.6) is 5.88 Å². The van der Waals surface area contributed by atoms with E-state index in [9.17, 15) is 9.59 Å². The highest BCUT2D eigenvalue weighted by Gasteiger charge is 2.39. The number of aromatic nitrogens is 5. The molecule has 2 aromatic carbocycles. The monoisotopic (exact) mass is 769 g/mol. The molecule has 0 aliphatic heterocycles. The quantitative estimate of drug-likeness (QED) is 0.0813. The zero-order chi connectivity index (χ0) is 38.0. The Bertz CT molecular complexity index is 2640. The number of benzene rings is 2. The highest BCUT2D eigenvalue weighted by atomic mass is 32.1. The minimum atomic E-state index is -0.602. The normalized spacial score (nSPS) is 16.3. The number of hydrogen-bond acceptors (Lipinski definition) is 14. The first kappa shape index (κ1) is 34.4. The van der Waals surface area contributed by atoms with Crippen molar-refractivity contribution in [1.29, 1.82) is 0 Å². The lowest BCUT2D eigenvalue weighted by atomic mass is 10.1. The molecule has 2 saturated carbocycles. The fourth-order valence-electron chi connectivity index (χ4n) is 6.59. The van der Waals surface area contributed by atoms with Gasteiger partial charge in [0.1, 0.15) is 26.0 Å². The molecule has 9 rings (SSSR count). The third kappa shape index (κ3) is 6.70. The average Bonchev–Trinajstić information content (AvgIpc) is 4.09. The SMILES string of the molecule is Cc1ccc(-c2nc(NC3CC3c3ccc(COc4ccc(-c5nc(NC6CC6)nc6sc(C(N)=O)c(N)c56)cn4)cc3)nc3sc(C(N)=O)c(N)c23)cc1. The van der Waals surface area contributed by atoms with E-state index in [4.69, 9.17) is 42.6 Å². The molecule has 55 heavy (non-hydrogen) atoms. The van der Waals surface area contributed by atoms with Crippen molar-refractivity contribution in [2.75, 3.05) is 22.1 Å². The second-order valence-corrected chi connectivity index (χ2v) is 15.9. The summed E-state index contributed by atoms with van der Waals surface area (Å²) in [6.45, 7) is 2.35. The molecule has 0 bridgehead atoms. The first-order valence-corrected chi connectivity index (χ1v) is 19.3. The molecule has 2 amide bonds. The lowest BCUT2D eigenvalue weighted by molar-refractivity contribution is 0.0996. The number of ether oxygens (including phenoxy) is 1. The van der Waals surface area contributed by atoms with Gasteiger partial charge in [-0.25, -0.2) is 24.9 Å². The minimum absolute atomic E-state index is 0.143. The number of anilines is 4. The fraction of sp³-hybridized carbons (Fsp3) is 0.205. The zero-order valence-electron chi connectivity index (χ0n) is 29.5. The number of nitrogens with zero attached hydrogens (tertiary/aromatic N) is 5. The van der Waals surface area contributed by atoms with Gasteiger partial charge >= 0.3 is 0 Å². The first-order chi connectivity index (χ1) is 26.6. The van der Waals surface area contributed by atoms with Crippen LogP contribution in [0.4, 0.5) is 23.3 Å². The highest BCUT2D eigenvalue weighted by molar-refractivity contribution is 7.21. The summed E-state index contributed by atoms with van der Waals surface area (Å²) < 4.78 is 6.04. The molecule has 16 heteroatoms. The van der Waals surface area contributed by atoms with E-state index in [-0.39, 0.29) is 27.4 Å². The van der Waals surface area contributed by atoms with Gasteiger partial charge in [0, 0.05) is 41.4 Å². The Labute approximate surface area is 322 Å². The van der Waals surface area contributed by atoms with Gasteiger partial charge in [-0.2, -0.15) is 0 Å². The van der Waals surface area contributed by atoms with Gasteiger partial charge in [0.05, 0.1) is 33.5 Å². The summed E-state index contributed by atoms with van der Waals surface area (Å²) >= 11 is 2.34. The van der Waals surface area contributed by atoms with Crippen LogP contribution in [0.1, 0.15) is 61.2 Å². The number of nitrogen functional groups attached to an aromatic ring is 2. The molecule has 5 heterocycles. The molecule has 2 aliphatic rings. The highest BCUT2D eigenvalue weighted by Crippen LogP contribution is 2.44. The van der Waals surface area contributed by atoms with Crippen LogP contribution in [-0.2, 0) is 6.61 Å². The smallest absolute Gasteiger partial charge is 0.260 e. The summed E-state index contributed by atoms with van der Waals surface area (Å²) in [5, 5.41) is 8.05. The first-order valence-electron chi connectivity index (χ1n) is 17.7. The number of pyridine rings is 1. The van der Waals surface area contributed by atoms with Crippen LogP contribution >= 0.6 is 22.7 Å². The van der Waals surface area contributed by atoms with Crippen molar-refractivity contribution >= 4 is 78.2 Å². The summed E-state index contributed by atoms with van der Waals surface area (Å²) in [5.74, 6) is 0.502. The number of rotatable bonds is 12. The molecule has 2 atom stereocenters. The third-order valence-corrected chi connectivity index (χ3v) is 12.0. The van der Waals surface area contributed by atoms with E-state index < -0.39 is 11.8 Å². The number of fused-ring (bicyclic) bond motifs is 2. The number of aryl methyl sites for hydroxylation is 1. The summed E-state index contributed by atoms with van der Waals surface area (Å²) in [6, 6.07) is 20.5. The maximum absolute atomic E-state index is 12.1. The molecule has 2 fully saturated rings. The summed E-state index contributed by atoms with van der Waals surface area (Å²) in [6.07, 6.45) is 4.71. The van der Waals surface area contributed by atoms with Gasteiger partial charge in [0.25, 0.3) is 11.8 Å². The number of carbonyl (C=O) groups excluding carboxylic acids is 2. The van der Waals surface area contributed by atoms with Crippen LogP contribution in [0, 0.1) is 6.92 Å². The number of carbonyl (C=O) groups is 2. The van der Waals surface area contributed by atoms with Crippen molar-refractivity contribution in [2.24, 2.45) is 11.5 Å². The molecular formula is C39H35N11O3S2. The molecule has 10 N–H and O–H groups in total. The Kier molecular flexibility index (Phi) is 8.42. The summed E-state index contributed by atoms with van der Waals surface area (Å²) in [4.78, 5) is 49.4. The lowest BCUT2D eigenvalue weighted by Gasteiger charge is -2.10. The number of nitrogens with two attached hydrogens (primary N) is 4. The molecule has 5 aromatic heterocycles. The maximum atomic E-state index is 12.1. The van der Waals surface area contributed by atoms with Crippen LogP contribution < -0.4 is 38.3 Å². The predicted molar refractivity (Wildman–Crippen MR) is 216 cm³/mol. The van der Waals surface area contributed by atoms with Gasteiger partial charge in [-0.05, 0) is 43.4 Å². The molecule has 14 nitrogen and oxygen atoms in total. The molecule has 0 radical (unpaired) electrons. The molecule has 7 aromatic rings. The van der Waals surface area contributed by atoms with E-state index in [0.717, 1.165) is 47.3 Å². The standard InChI is InChI=1S/C39H35N11O3S2/c1-17-2-6-20(7-3-17)30-26-28(40)32(34(42)51)54-36(26)50-39(47-30)46-24-14-23(24)19-8-4-18(5-9-19)16-53-25-13-10-21(15-44-25)31-27-29(41)33(35(43)52)55-37(27)49-38(48-31)45-22-11-12-22/h2-10,13,15,22-24H,11-12,14,16,40-41H2,1H3,(H2,42,51)(H2,43,52)(H,45,48,49)(H,46,47,50). The van der Waals surface area contributed by atoms with Gasteiger partial charge in [0.15, 0.2) is 0 Å². The van der Waals surface area contributed by atoms with Crippen molar-refractivity contribution in [2.45, 2.75) is 50.8 Å². The molecule has 0 spiro atoms. The Morgan fingerprint density at radius 3 is 1.91 bits per heavy atom. The maximum Gasteiger partial charge on any atom is 0.260 e. The summed E-state index contributed by atoms with van der Waals surface area (Å²) in [5.41, 5.74) is 30.7. The number of hydrogen-bond donors (Lipinski definition) is 6. The molecule has 2 aliphatic carbocycles. The largest absolute Gasteiger partial charge is 0.473 e.